The van der Waals surface area contributed by atoms with Crippen LogP contribution in [0, 0.1) is 0 Å². The molecule has 0 amide bonds. The number of benzene rings is 3. The lowest BCUT2D eigenvalue weighted by molar-refractivity contribution is 0.475. The number of para-hydroxylation sites is 2. The van der Waals surface area contributed by atoms with Crippen LogP contribution in [-0.2, 0) is 0 Å². The van der Waals surface area contributed by atoms with Gasteiger partial charge in [0, 0.05) is 5.56 Å². The molecule has 0 saturated carbocycles. The van der Waals surface area contributed by atoms with E-state index in [1.54, 1.807) is 12.1 Å². The average molecular weight is 312 g/mol. The highest BCUT2D eigenvalue weighted by Crippen LogP contribution is 2.25. The number of phenolic OH excluding ortho intramolecular Hbond substituents is 1. The minimum Gasteiger partial charge on any atom is -0.508 e. The molecule has 5 nitrogen and oxygen atoms in total. The fraction of sp³-hybridized carbons (Fsp3) is 0. The maximum Gasteiger partial charge on any atom is 0.160 e. The molecule has 5 heteroatoms. The summed E-state index contributed by atoms with van der Waals surface area (Å²) in [6.45, 7) is 0. The molecule has 0 aliphatic carbocycles. The Labute approximate surface area is 136 Å². The molecule has 5 aromatic rings. The van der Waals surface area contributed by atoms with Crippen molar-refractivity contribution in [3.05, 3.63) is 60.7 Å². The first kappa shape index (κ1) is 13.0. The van der Waals surface area contributed by atoms with Crippen LogP contribution in [0.4, 0.5) is 0 Å². The van der Waals surface area contributed by atoms with Gasteiger partial charge in [-0.05, 0) is 48.5 Å². The number of phenols is 1. The lowest BCUT2D eigenvalue weighted by Crippen LogP contribution is -1.87. The molecule has 0 bridgehead atoms. The SMILES string of the molecule is Oc1ccc(-c2nc3cc4nc5ccccc5[nH]c4cc3n2)cc1. The maximum atomic E-state index is 9.41. The average Bonchev–Trinajstić information content (AvgIpc) is 3.01. The zero-order chi connectivity index (χ0) is 16.1. The van der Waals surface area contributed by atoms with Crippen LogP contribution in [0.15, 0.2) is 60.7 Å². The molecule has 0 aliphatic rings. The highest BCUT2D eigenvalue weighted by Gasteiger charge is 2.09. The number of hydrogen-bond acceptors (Lipinski definition) is 4. The molecule has 24 heavy (non-hydrogen) atoms. The first-order valence-electron chi connectivity index (χ1n) is 7.62. The molecule has 0 fully saturated rings. The summed E-state index contributed by atoms with van der Waals surface area (Å²) in [6, 6.07) is 18.7. The van der Waals surface area contributed by atoms with E-state index in [-0.39, 0.29) is 5.75 Å². The van der Waals surface area contributed by atoms with Crippen LogP contribution in [0.1, 0.15) is 0 Å². The first-order valence-corrected chi connectivity index (χ1v) is 7.62. The summed E-state index contributed by atoms with van der Waals surface area (Å²) in [4.78, 5) is 17.3. The predicted octanol–water partition coefficient (Wildman–Crippen LogP) is 4.03. The van der Waals surface area contributed by atoms with E-state index in [4.69, 9.17) is 0 Å². The third kappa shape index (κ3) is 1.99. The number of hydrogen-bond donors (Lipinski definition) is 2. The number of imidazole rings is 1. The van der Waals surface area contributed by atoms with Gasteiger partial charge in [-0.25, -0.2) is 15.0 Å². The molecule has 5 rings (SSSR count). The van der Waals surface area contributed by atoms with E-state index >= 15 is 0 Å². The van der Waals surface area contributed by atoms with E-state index in [1.807, 2.05) is 48.5 Å². The van der Waals surface area contributed by atoms with Crippen molar-refractivity contribution < 1.29 is 5.11 Å². The number of rotatable bonds is 1. The Morgan fingerprint density at radius 1 is 0.667 bits per heavy atom. The Morgan fingerprint density at radius 2 is 1.42 bits per heavy atom. The zero-order valence-electron chi connectivity index (χ0n) is 12.6. The minimum atomic E-state index is 0.228. The van der Waals surface area contributed by atoms with Gasteiger partial charge in [-0.1, -0.05) is 12.1 Å². The van der Waals surface area contributed by atoms with Gasteiger partial charge in [-0.15, -0.1) is 0 Å². The summed E-state index contributed by atoms with van der Waals surface area (Å²) in [7, 11) is 0. The molecule has 0 aliphatic heterocycles. The topological polar surface area (TPSA) is 74.7 Å². The van der Waals surface area contributed by atoms with Gasteiger partial charge in [-0.2, -0.15) is 0 Å². The van der Waals surface area contributed by atoms with Crippen molar-refractivity contribution in [3.63, 3.8) is 0 Å². The Bertz CT molecular complexity index is 1140. The van der Waals surface area contributed by atoms with Crippen molar-refractivity contribution >= 4 is 33.1 Å². The van der Waals surface area contributed by atoms with Gasteiger partial charge in [0.25, 0.3) is 0 Å². The number of aromatic hydroxyl groups is 1. The highest BCUT2D eigenvalue weighted by molar-refractivity contribution is 5.95. The largest absolute Gasteiger partial charge is 0.508 e. The summed E-state index contributed by atoms with van der Waals surface area (Å²) >= 11 is 0. The van der Waals surface area contributed by atoms with Crippen LogP contribution in [-0.4, -0.2) is 25.0 Å². The van der Waals surface area contributed by atoms with Gasteiger partial charge >= 0.3 is 0 Å². The third-order valence-electron chi connectivity index (χ3n) is 4.09. The third-order valence-corrected chi connectivity index (χ3v) is 4.09. The number of fused-ring (bicyclic) bond motifs is 3. The summed E-state index contributed by atoms with van der Waals surface area (Å²) in [6.07, 6.45) is 0. The monoisotopic (exact) mass is 312 g/mol. The molecule has 114 valence electrons. The lowest BCUT2D eigenvalue weighted by atomic mass is 10.2. The van der Waals surface area contributed by atoms with Crippen LogP contribution < -0.4 is 0 Å². The van der Waals surface area contributed by atoms with Crippen LogP contribution in [0.25, 0.3) is 44.5 Å². The standard InChI is InChI=1S/C19H12N4O/c24-12-7-5-11(6-8-12)19-22-17-9-15-16(10-18(17)23-19)21-14-4-2-1-3-13(14)20-15/h1-10,20,24H. The van der Waals surface area contributed by atoms with Crippen LogP contribution in [0.3, 0.4) is 0 Å². The van der Waals surface area contributed by atoms with Crippen LogP contribution >= 0.6 is 0 Å². The van der Waals surface area contributed by atoms with Crippen molar-refractivity contribution in [1.29, 1.82) is 0 Å². The molecule has 0 unspecified atom stereocenters. The quantitative estimate of drug-likeness (QED) is 0.458. The van der Waals surface area contributed by atoms with Gasteiger partial charge in [0.1, 0.15) is 5.75 Å². The van der Waals surface area contributed by atoms with Crippen LogP contribution in [0.5, 0.6) is 5.75 Å². The molecule has 0 radical (unpaired) electrons. The molecular formula is C19H12N4O. The lowest BCUT2D eigenvalue weighted by Gasteiger charge is -2.01. The fourth-order valence-electron chi connectivity index (χ4n) is 2.88. The second-order valence-corrected chi connectivity index (χ2v) is 5.71. The number of aromatic amines is 1. The van der Waals surface area contributed by atoms with E-state index in [0.717, 1.165) is 38.7 Å². The van der Waals surface area contributed by atoms with E-state index in [9.17, 15) is 5.11 Å². The molecule has 2 aromatic heterocycles. The molecule has 0 atom stereocenters. The normalized spacial score (nSPS) is 11.5. The van der Waals surface area contributed by atoms with Crippen molar-refractivity contribution in [3.8, 4) is 17.1 Å². The molecule has 2 N–H and O–H groups in total. The number of nitrogens with one attached hydrogen (secondary N) is 1. The minimum absolute atomic E-state index is 0.228. The number of H-pyrrole nitrogens is 1. The maximum absolute atomic E-state index is 9.41. The molecule has 3 aromatic carbocycles. The Balaban J connectivity index is 1.74. The van der Waals surface area contributed by atoms with E-state index < -0.39 is 0 Å². The van der Waals surface area contributed by atoms with E-state index in [2.05, 4.69) is 19.9 Å². The van der Waals surface area contributed by atoms with Crippen molar-refractivity contribution in [2.45, 2.75) is 0 Å². The summed E-state index contributed by atoms with van der Waals surface area (Å²) in [5.74, 6) is 0.871. The first-order chi connectivity index (χ1) is 11.8. The van der Waals surface area contributed by atoms with Gasteiger partial charge in [0.15, 0.2) is 5.82 Å². The van der Waals surface area contributed by atoms with Crippen LogP contribution in [0.2, 0.25) is 0 Å². The zero-order valence-corrected chi connectivity index (χ0v) is 12.6. The fourth-order valence-corrected chi connectivity index (χ4v) is 2.88. The molecule has 0 spiro atoms. The van der Waals surface area contributed by atoms with Crippen molar-refractivity contribution in [2.75, 3.05) is 0 Å². The van der Waals surface area contributed by atoms with Gasteiger partial charge in [-0.3, -0.25) is 0 Å². The predicted molar refractivity (Wildman–Crippen MR) is 93.8 cm³/mol. The summed E-state index contributed by atoms with van der Waals surface area (Å²) in [5.41, 5.74) is 6.19. The Kier molecular flexibility index (Phi) is 2.58. The molecule has 2 heterocycles. The summed E-state index contributed by atoms with van der Waals surface area (Å²) < 4.78 is 0. The molecule has 0 saturated heterocycles. The second-order valence-electron chi connectivity index (χ2n) is 5.71. The van der Waals surface area contributed by atoms with Gasteiger partial charge in [0.2, 0.25) is 0 Å². The summed E-state index contributed by atoms with van der Waals surface area (Å²) in [5, 5.41) is 9.41. The van der Waals surface area contributed by atoms with Crippen molar-refractivity contribution in [2.24, 2.45) is 0 Å². The Hall–Kier alpha value is -3.47. The van der Waals surface area contributed by atoms with E-state index in [1.165, 1.54) is 0 Å². The number of nitrogens with zero attached hydrogens (tertiary/aromatic N) is 3. The van der Waals surface area contributed by atoms with E-state index in [0.29, 0.717) is 5.82 Å². The van der Waals surface area contributed by atoms with Gasteiger partial charge in [0.05, 0.1) is 33.1 Å². The number of aromatic nitrogens is 4. The smallest absolute Gasteiger partial charge is 0.160 e. The van der Waals surface area contributed by atoms with Crippen molar-refractivity contribution in [1.82, 2.24) is 19.9 Å². The molecular weight excluding hydrogens is 300 g/mol. The highest BCUT2D eigenvalue weighted by atomic mass is 16.3. The Morgan fingerprint density at radius 3 is 2.25 bits per heavy atom. The second kappa shape index (κ2) is 4.76. The van der Waals surface area contributed by atoms with Gasteiger partial charge < -0.3 is 10.1 Å².